The largest absolute Gasteiger partial charge is 0.508 e. The molecule has 0 saturated heterocycles. The van der Waals surface area contributed by atoms with Gasteiger partial charge in [-0.05, 0) is 60.9 Å². The molecule has 0 fully saturated rings. The van der Waals surface area contributed by atoms with E-state index in [1.807, 2.05) is 19.9 Å². The minimum atomic E-state index is -0.367. The molecule has 0 aliphatic carbocycles. The summed E-state index contributed by atoms with van der Waals surface area (Å²) >= 11 is 1.23. The van der Waals surface area contributed by atoms with Crippen LogP contribution < -0.4 is 10.2 Å². The Labute approximate surface area is 184 Å². The molecule has 8 heteroatoms. The number of hydrogen-bond acceptors (Lipinski definition) is 7. The molecule has 0 unspecified atom stereocenters. The van der Waals surface area contributed by atoms with E-state index in [9.17, 15) is 15.2 Å². The zero-order valence-electron chi connectivity index (χ0n) is 17.4. The maximum Gasteiger partial charge on any atom is 0.283 e. The lowest BCUT2D eigenvalue weighted by atomic mass is 10.1. The van der Waals surface area contributed by atoms with Crippen molar-refractivity contribution in [2.24, 2.45) is 11.0 Å². The van der Waals surface area contributed by atoms with E-state index >= 15 is 0 Å². The lowest BCUT2D eigenvalue weighted by Gasteiger charge is -2.10. The molecule has 31 heavy (non-hydrogen) atoms. The zero-order chi connectivity index (χ0) is 22.4. The summed E-state index contributed by atoms with van der Waals surface area (Å²) in [6, 6.07) is 13.9. The molecule has 3 aromatic rings. The third-order valence-corrected chi connectivity index (χ3v) is 5.40. The number of aryl methyl sites for hydroxylation is 1. The quantitative estimate of drug-likeness (QED) is 0.421. The summed E-state index contributed by atoms with van der Waals surface area (Å²) in [5.41, 5.74) is 4.98. The molecule has 1 heterocycles. The van der Waals surface area contributed by atoms with Crippen molar-refractivity contribution in [3.8, 4) is 28.1 Å². The summed E-state index contributed by atoms with van der Waals surface area (Å²) in [7, 11) is 0. The maximum atomic E-state index is 12.5. The molecular formula is C23H22N4O3S. The van der Waals surface area contributed by atoms with Crippen molar-refractivity contribution in [1.82, 2.24) is 10.4 Å². The fourth-order valence-corrected chi connectivity index (χ4v) is 3.59. The molecule has 0 bridgehead atoms. The fraction of sp³-hybridized carbons (Fsp3) is 0.217. The monoisotopic (exact) mass is 434 g/mol. The summed E-state index contributed by atoms with van der Waals surface area (Å²) in [6.07, 6.45) is 1.49. The number of rotatable bonds is 7. The van der Waals surface area contributed by atoms with Gasteiger partial charge in [-0.2, -0.15) is 10.4 Å². The first kappa shape index (κ1) is 22.0. The van der Waals surface area contributed by atoms with E-state index in [2.05, 4.69) is 21.6 Å². The number of amides is 1. The van der Waals surface area contributed by atoms with Crippen LogP contribution in [0, 0.1) is 24.2 Å². The second-order valence-corrected chi connectivity index (χ2v) is 8.25. The van der Waals surface area contributed by atoms with Crippen molar-refractivity contribution in [3.05, 3.63) is 64.2 Å². The van der Waals surface area contributed by atoms with Gasteiger partial charge in [0.15, 0.2) is 0 Å². The highest BCUT2D eigenvalue weighted by molar-refractivity contribution is 7.17. The number of nitrogens with one attached hydrogen (secondary N) is 1. The third kappa shape index (κ3) is 5.68. The van der Waals surface area contributed by atoms with Crippen molar-refractivity contribution < 1.29 is 14.6 Å². The number of phenolic OH excluding ortho intramolecular Hbond substituents is 1. The summed E-state index contributed by atoms with van der Waals surface area (Å²) in [5.74, 6) is 0.683. The molecule has 0 spiro atoms. The Morgan fingerprint density at radius 2 is 2.06 bits per heavy atom. The zero-order valence-corrected chi connectivity index (χ0v) is 18.2. The van der Waals surface area contributed by atoms with Gasteiger partial charge in [-0.3, -0.25) is 4.79 Å². The number of aromatic hydroxyl groups is 1. The van der Waals surface area contributed by atoms with Gasteiger partial charge in [-0.15, -0.1) is 11.3 Å². The molecule has 2 aromatic carbocycles. The number of nitrogens with zero attached hydrogens (tertiary/aromatic N) is 3. The van der Waals surface area contributed by atoms with Gasteiger partial charge < -0.3 is 9.84 Å². The Kier molecular flexibility index (Phi) is 7.00. The van der Waals surface area contributed by atoms with Gasteiger partial charge >= 0.3 is 0 Å². The number of aromatic nitrogens is 1. The Bertz CT molecular complexity index is 1140. The van der Waals surface area contributed by atoms with Crippen LogP contribution in [0.2, 0.25) is 0 Å². The minimum absolute atomic E-state index is 0.160. The van der Waals surface area contributed by atoms with Gasteiger partial charge in [0.05, 0.1) is 24.1 Å². The average molecular weight is 435 g/mol. The highest BCUT2D eigenvalue weighted by atomic mass is 32.1. The van der Waals surface area contributed by atoms with E-state index < -0.39 is 0 Å². The van der Waals surface area contributed by atoms with Crippen LogP contribution in [0.5, 0.6) is 11.5 Å². The van der Waals surface area contributed by atoms with Crippen LogP contribution in [0.1, 0.15) is 40.3 Å². The predicted octanol–water partition coefficient (Wildman–Crippen LogP) is 4.49. The molecule has 1 amide bonds. The van der Waals surface area contributed by atoms with Crippen molar-refractivity contribution in [2.45, 2.75) is 20.8 Å². The van der Waals surface area contributed by atoms with Crippen LogP contribution in [-0.2, 0) is 0 Å². The Hall–Kier alpha value is -3.70. The molecule has 0 aliphatic rings. The second-order valence-electron chi connectivity index (χ2n) is 7.25. The SMILES string of the molecule is Cc1nc(-c2ccc(OCC(C)C)c(C#N)c2)sc1C(=O)N/N=C/c1ccc(O)cc1. The number of nitriles is 1. The highest BCUT2D eigenvalue weighted by Gasteiger charge is 2.17. The van der Waals surface area contributed by atoms with E-state index in [0.717, 1.165) is 11.1 Å². The van der Waals surface area contributed by atoms with Gasteiger partial charge in [0, 0.05) is 5.56 Å². The number of thiazole rings is 1. The smallest absolute Gasteiger partial charge is 0.283 e. The van der Waals surface area contributed by atoms with Gasteiger partial charge in [0.1, 0.15) is 27.5 Å². The Balaban J connectivity index is 1.74. The van der Waals surface area contributed by atoms with Crippen LogP contribution in [-0.4, -0.2) is 28.8 Å². The molecule has 7 nitrogen and oxygen atoms in total. The summed E-state index contributed by atoms with van der Waals surface area (Å²) in [5, 5.41) is 23.4. The second kappa shape index (κ2) is 9.87. The predicted molar refractivity (Wildman–Crippen MR) is 121 cm³/mol. The van der Waals surface area contributed by atoms with Crippen molar-refractivity contribution >= 4 is 23.5 Å². The number of ether oxygens (including phenoxy) is 1. The van der Waals surface area contributed by atoms with Crippen LogP contribution in [0.25, 0.3) is 10.6 Å². The molecule has 0 aliphatic heterocycles. The van der Waals surface area contributed by atoms with Gasteiger partial charge in [0.25, 0.3) is 5.91 Å². The molecular weight excluding hydrogens is 412 g/mol. The topological polar surface area (TPSA) is 108 Å². The van der Waals surface area contributed by atoms with Crippen molar-refractivity contribution in [1.29, 1.82) is 5.26 Å². The fourth-order valence-electron chi connectivity index (χ4n) is 2.64. The molecule has 158 valence electrons. The van der Waals surface area contributed by atoms with E-state index in [4.69, 9.17) is 4.74 Å². The number of phenols is 1. The Morgan fingerprint density at radius 1 is 1.32 bits per heavy atom. The molecule has 0 saturated carbocycles. The molecule has 3 rings (SSSR count). The first-order valence-electron chi connectivity index (χ1n) is 9.64. The summed E-state index contributed by atoms with van der Waals surface area (Å²) in [6.45, 7) is 6.36. The maximum absolute atomic E-state index is 12.5. The average Bonchev–Trinajstić information content (AvgIpc) is 3.15. The number of hydrazone groups is 1. The molecule has 0 radical (unpaired) electrons. The van der Waals surface area contributed by atoms with Crippen LogP contribution in [0.3, 0.4) is 0 Å². The van der Waals surface area contributed by atoms with Crippen LogP contribution in [0.4, 0.5) is 0 Å². The number of benzene rings is 2. The number of carbonyl (C=O) groups excluding carboxylic acids is 1. The lowest BCUT2D eigenvalue weighted by Crippen LogP contribution is -2.17. The van der Waals surface area contributed by atoms with Crippen molar-refractivity contribution in [3.63, 3.8) is 0 Å². The first-order valence-corrected chi connectivity index (χ1v) is 10.5. The minimum Gasteiger partial charge on any atom is -0.508 e. The highest BCUT2D eigenvalue weighted by Crippen LogP contribution is 2.31. The van der Waals surface area contributed by atoms with Gasteiger partial charge in [0.2, 0.25) is 0 Å². The summed E-state index contributed by atoms with van der Waals surface area (Å²) < 4.78 is 5.70. The standard InChI is InChI=1S/C23H22N4O3S/c1-14(2)13-30-20-9-6-17(10-18(20)11-24)23-26-15(3)21(31-23)22(29)27-25-12-16-4-7-19(28)8-5-16/h4-10,12,14,28H,13H2,1-3H3,(H,27,29)/b25-12+. The first-order chi connectivity index (χ1) is 14.9. The van der Waals surface area contributed by atoms with E-state index in [1.54, 1.807) is 31.2 Å². The molecule has 2 N–H and O–H groups in total. The van der Waals surface area contributed by atoms with Gasteiger partial charge in [-0.25, -0.2) is 10.4 Å². The number of hydrogen-bond donors (Lipinski definition) is 2. The van der Waals surface area contributed by atoms with Gasteiger partial charge in [-0.1, -0.05) is 13.8 Å². The van der Waals surface area contributed by atoms with E-state index in [0.29, 0.717) is 39.4 Å². The van der Waals surface area contributed by atoms with E-state index in [1.165, 1.54) is 29.7 Å². The van der Waals surface area contributed by atoms with E-state index in [-0.39, 0.29) is 11.7 Å². The molecule has 0 atom stereocenters. The normalized spacial score (nSPS) is 10.9. The van der Waals surface area contributed by atoms with Crippen molar-refractivity contribution in [2.75, 3.05) is 6.61 Å². The van der Waals surface area contributed by atoms with Crippen LogP contribution in [0.15, 0.2) is 47.6 Å². The van der Waals surface area contributed by atoms with Crippen LogP contribution >= 0.6 is 11.3 Å². The summed E-state index contributed by atoms with van der Waals surface area (Å²) in [4.78, 5) is 17.4. The number of carbonyl (C=O) groups is 1. The Morgan fingerprint density at radius 3 is 2.74 bits per heavy atom. The third-order valence-electron chi connectivity index (χ3n) is 4.19. The lowest BCUT2D eigenvalue weighted by molar-refractivity contribution is 0.0958. The molecule has 1 aromatic heterocycles.